The minimum Gasteiger partial charge on any atom is -0.461 e. The van der Waals surface area contributed by atoms with Gasteiger partial charge in [0.15, 0.2) is 11.5 Å². The summed E-state index contributed by atoms with van der Waals surface area (Å²) in [4.78, 5) is 11.6. The standard InChI is InChI=1S/C14H15NO2/c16-13(14-7-4-10-17-14)8-9-15-11-12-5-2-1-3-6-12/h1-7,10,15H,8-9,11H2. The molecule has 2 aromatic rings. The molecule has 17 heavy (non-hydrogen) atoms. The van der Waals surface area contributed by atoms with Gasteiger partial charge in [0.25, 0.3) is 0 Å². The van der Waals surface area contributed by atoms with Gasteiger partial charge in [-0.3, -0.25) is 4.79 Å². The maximum Gasteiger partial charge on any atom is 0.199 e. The van der Waals surface area contributed by atoms with E-state index >= 15 is 0 Å². The Balaban J connectivity index is 1.69. The quantitative estimate of drug-likeness (QED) is 0.611. The van der Waals surface area contributed by atoms with E-state index in [0.717, 1.165) is 6.54 Å². The van der Waals surface area contributed by atoms with Gasteiger partial charge < -0.3 is 9.73 Å². The fraction of sp³-hybridized carbons (Fsp3) is 0.214. The topological polar surface area (TPSA) is 42.2 Å². The Morgan fingerprint density at radius 3 is 2.65 bits per heavy atom. The molecule has 0 unspecified atom stereocenters. The highest BCUT2D eigenvalue weighted by Crippen LogP contribution is 2.03. The van der Waals surface area contributed by atoms with Gasteiger partial charge in [0, 0.05) is 19.5 Å². The molecule has 1 heterocycles. The summed E-state index contributed by atoms with van der Waals surface area (Å²) in [5, 5.41) is 3.23. The van der Waals surface area contributed by atoms with Crippen LogP contribution in [0.25, 0.3) is 0 Å². The van der Waals surface area contributed by atoms with Gasteiger partial charge in [-0.2, -0.15) is 0 Å². The number of benzene rings is 1. The van der Waals surface area contributed by atoms with Crippen molar-refractivity contribution in [3.05, 3.63) is 60.1 Å². The van der Waals surface area contributed by atoms with Gasteiger partial charge in [0.05, 0.1) is 6.26 Å². The van der Waals surface area contributed by atoms with E-state index in [1.54, 1.807) is 12.1 Å². The van der Waals surface area contributed by atoms with E-state index in [2.05, 4.69) is 17.4 Å². The van der Waals surface area contributed by atoms with Gasteiger partial charge in [0.2, 0.25) is 0 Å². The predicted molar refractivity (Wildman–Crippen MR) is 65.8 cm³/mol. The molecule has 1 aromatic carbocycles. The highest BCUT2D eigenvalue weighted by atomic mass is 16.3. The molecule has 0 radical (unpaired) electrons. The van der Waals surface area contributed by atoms with Crippen LogP contribution in [0.1, 0.15) is 22.5 Å². The van der Waals surface area contributed by atoms with Crippen LogP contribution in [-0.4, -0.2) is 12.3 Å². The Labute approximate surface area is 100 Å². The molecule has 0 atom stereocenters. The van der Waals surface area contributed by atoms with Crippen molar-refractivity contribution in [3.8, 4) is 0 Å². The first-order valence-corrected chi connectivity index (χ1v) is 5.67. The van der Waals surface area contributed by atoms with Gasteiger partial charge in [-0.05, 0) is 17.7 Å². The molecule has 0 aliphatic heterocycles. The number of hydrogen-bond donors (Lipinski definition) is 1. The summed E-state index contributed by atoms with van der Waals surface area (Å²) >= 11 is 0. The van der Waals surface area contributed by atoms with E-state index in [0.29, 0.717) is 18.7 Å². The third-order valence-corrected chi connectivity index (χ3v) is 2.50. The molecule has 1 aromatic heterocycles. The molecule has 0 aliphatic rings. The number of rotatable bonds is 6. The highest BCUT2D eigenvalue weighted by Gasteiger charge is 2.07. The van der Waals surface area contributed by atoms with Crippen LogP contribution in [0.2, 0.25) is 0 Å². The van der Waals surface area contributed by atoms with Crippen molar-refractivity contribution in [1.82, 2.24) is 5.32 Å². The fourth-order valence-electron chi connectivity index (χ4n) is 1.59. The molecule has 0 amide bonds. The summed E-state index contributed by atoms with van der Waals surface area (Å²) in [5.41, 5.74) is 1.22. The van der Waals surface area contributed by atoms with Crippen LogP contribution in [0.4, 0.5) is 0 Å². The second kappa shape index (κ2) is 6.01. The molecule has 2 rings (SSSR count). The number of furan rings is 1. The average molecular weight is 229 g/mol. The Morgan fingerprint density at radius 2 is 1.94 bits per heavy atom. The number of Topliss-reactive ketones (excluding diaryl/α,β-unsaturated/α-hetero) is 1. The van der Waals surface area contributed by atoms with Crippen molar-refractivity contribution < 1.29 is 9.21 Å². The Bertz CT molecular complexity index is 448. The van der Waals surface area contributed by atoms with E-state index in [1.807, 2.05) is 18.2 Å². The second-order valence-corrected chi connectivity index (χ2v) is 3.81. The molecule has 0 saturated carbocycles. The van der Waals surface area contributed by atoms with E-state index in [-0.39, 0.29) is 5.78 Å². The van der Waals surface area contributed by atoms with Gasteiger partial charge in [0.1, 0.15) is 0 Å². The molecule has 0 fully saturated rings. The van der Waals surface area contributed by atoms with Crippen LogP contribution in [0.3, 0.4) is 0 Å². The zero-order valence-corrected chi connectivity index (χ0v) is 9.56. The third kappa shape index (κ3) is 3.57. The van der Waals surface area contributed by atoms with Gasteiger partial charge >= 0.3 is 0 Å². The molecule has 0 spiro atoms. The molecule has 0 aliphatic carbocycles. The normalized spacial score (nSPS) is 10.4. The number of ketones is 1. The SMILES string of the molecule is O=C(CCNCc1ccccc1)c1ccco1. The van der Waals surface area contributed by atoms with Crippen molar-refractivity contribution in [3.63, 3.8) is 0 Å². The second-order valence-electron chi connectivity index (χ2n) is 3.81. The minimum atomic E-state index is 0.0376. The summed E-state index contributed by atoms with van der Waals surface area (Å²) in [6.07, 6.45) is 1.98. The lowest BCUT2D eigenvalue weighted by molar-refractivity contribution is 0.0955. The number of carbonyl (C=O) groups is 1. The van der Waals surface area contributed by atoms with Crippen LogP contribution in [0.5, 0.6) is 0 Å². The summed E-state index contributed by atoms with van der Waals surface area (Å²) in [6, 6.07) is 13.5. The Kier molecular flexibility index (Phi) is 4.11. The first-order chi connectivity index (χ1) is 8.36. The smallest absolute Gasteiger partial charge is 0.199 e. The van der Waals surface area contributed by atoms with E-state index in [1.165, 1.54) is 11.8 Å². The van der Waals surface area contributed by atoms with Crippen LogP contribution in [0.15, 0.2) is 53.1 Å². The molecule has 3 nitrogen and oxygen atoms in total. The van der Waals surface area contributed by atoms with Gasteiger partial charge in [-0.1, -0.05) is 30.3 Å². The lowest BCUT2D eigenvalue weighted by Gasteiger charge is -2.03. The maximum atomic E-state index is 11.6. The number of hydrogen-bond acceptors (Lipinski definition) is 3. The van der Waals surface area contributed by atoms with Crippen LogP contribution >= 0.6 is 0 Å². The van der Waals surface area contributed by atoms with Crippen molar-refractivity contribution in [2.45, 2.75) is 13.0 Å². The summed E-state index contributed by atoms with van der Waals surface area (Å²) in [6.45, 7) is 1.45. The molecule has 3 heteroatoms. The van der Waals surface area contributed by atoms with Crippen molar-refractivity contribution in [2.75, 3.05) is 6.54 Å². The third-order valence-electron chi connectivity index (χ3n) is 2.50. The largest absolute Gasteiger partial charge is 0.461 e. The van der Waals surface area contributed by atoms with E-state index in [4.69, 9.17) is 4.42 Å². The Morgan fingerprint density at radius 1 is 1.12 bits per heavy atom. The van der Waals surface area contributed by atoms with Crippen LogP contribution < -0.4 is 5.32 Å². The molecular weight excluding hydrogens is 214 g/mol. The monoisotopic (exact) mass is 229 g/mol. The zero-order valence-electron chi connectivity index (χ0n) is 9.56. The first kappa shape index (κ1) is 11.6. The summed E-state index contributed by atoms with van der Waals surface area (Å²) in [7, 11) is 0. The molecule has 0 bridgehead atoms. The lowest BCUT2D eigenvalue weighted by atomic mass is 10.2. The minimum absolute atomic E-state index is 0.0376. The van der Waals surface area contributed by atoms with Gasteiger partial charge in [-0.15, -0.1) is 0 Å². The molecule has 0 saturated heterocycles. The number of carbonyl (C=O) groups excluding carboxylic acids is 1. The van der Waals surface area contributed by atoms with E-state index < -0.39 is 0 Å². The first-order valence-electron chi connectivity index (χ1n) is 5.67. The number of nitrogens with one attached hydrogen (secondary N) is 1. The van der Waals surface area contributed by atoms with Crippen molar-refractivity contribution in [2.24, 2.45) is 0 Å². The zero-order chi connectivity index (χ0) is 11.9. The predicted octanol–water partition coefficient (Wildman–Crippen LogP) is 2.64. The van der Waals surface area contributed by atoms with Gasteiger partial charge in [-0.25, -0.2) is 0 Å². The molecule has 1 N–H and O–H groups in total. The average Bonchev–Trinajstić information content (AvgIpc) is 2.89. The fourth-order valence-corrected chi connectivity index (χ4v) is 1.59. The highest BCUT2D eigenvalue weighted by molar-refractivity contribution is 5.93. The van der Waals surface area contributed by atoms with E-state index in [9.17, 15) is 4.79 Å². The van der Waals surface area contributed by atoms with Crippen LogP contribution in [0, 0.1) is 0 Å². The van der Waals surface area contributed by atoms with Crippen molar-refractivity contribution >= 4 is 5.78 Å². The molecule has 88 valence electrons. The molecular formula is C14H15NO2. The Hall–Kier alpha value is -1.87. The summed E-state index contributed by atoms with van der Waals surface area (Å²) < 4.78 is 5.03. The van der Waals surface area contributed by atoms with Crippen molar-refractivity contribution in [1.29, 1.82) is 0 Å². The maximum absolute atomic E-state index is 11.6. The van der Waals surface area contributed by atoms with Crippen LogP contribution in [-0.2, 0) is 6.54 Å². The summed E-state index contributed by atoms with van der Waals surface area (Å²) in [5.74, 6) is 0.474. The lowest BCUT2D eigenvalue weighted by Crippen LogP contribution is -2.17.